The van der Waals surface area contributed by atoms with Gasteiger partial charge in [-0.3, -0.25) is 14.0 Å². The fraction of sp³-hybridized carbons (Fsp3) is 0.0400. The molecule has 168 valence electrons. The molecule has 7 nitrogen and oxygen atoms in total. The highest BCUT2D eigenvalue weighted by atomic mass is 127. The molecule has 0 bridgehead atoms. The number of anilines is 1. The van der Waals surface area contributed by atoms with E-state index in [9.17, 15) is 14.0 Å². The van der Waals surface area contributed by atoms with Crippen LogP contribution in [0.2, 0.25) is 0 Å². The number of nitrogens with zero attached hydrogens (tertiary/aromatic N) is 3. The molecule has 0 aliphatic carbocycles. The molecule has 9 heteroatoms. The fourth-order valence-corrected chi connectivity index (χ4v) is 4.21. The van der Waals surface area contributed by atoms with Crippen LogP contribution in [0.25, 0.3) is 38.4 Å². The third-order valence-electron chi connectivity index (χ3n) is 5.69. The average molecular weight is 565 g/mol. The van der Waals surface area contributed by atoms with E-state index in [-0.39, 0.29) is 42.0 Å². The topological polar surface area (TPSA) is 83.1 Å². The first-order valence-corrected chi connectivity index (χ1v) is 10.4. The lowest BCUT2D eigenvalue weighted by Gasteiger charge is -2.07. The van der Waals surface area contributed by atoms with E-state index in [1.54, 1.807) is 30.6 Å². The fourth-order valence-electron chi connectivity index (χ4n) is 4.21. The maximum Gasteiger partial charge on any atom is 0.290 e. The number of para-hydroxylation sites is 1. The van der Waals surface area contributed by atoms with E-state index in [4.69, 9.17) is 4.98 Å². The van der Waals surface area contributed by atoms with Gasteiger partial charge in [0.15, 0.2) is 17.7 Å². The first-order valence-electron chi connectivity index (χ1n) is 10.4. The summed E-state index contributed by atoms with van der Waals surface area (Å²) in [6.07, 6.45) is 4.57. The van der Waals surface area contributed by atoms with E-state index in [1.807, 2.05) is 30.3 Å². The molecule has 2 N–H and O–H groups in total. The third kappa shape index (κ3) is 3.67. The number of pyridine rings is 2. The van der Waals surface area contributed by atoms with Crippen molar-refractivity contribution in [1.82, 2.24) is 14.4 Å². The molecule has 6 rings (SSSR count). The van der Waals surface area contributed by atoms with Gasteiger partial charge in [-0.2, -0.15) is 4.57 Å². The monoisotopic (exact) mass is 565 g/mol. The van der Waals surface area contributed by atoms with Crippen molar-refractivity contribution in [3.63, 3.8) is 0 Å². The number of hydrogen-bond acceptors (Lipinski definition) is 3. The summed E-state index contributed by atoms with van der Waals surface area (Å²) in [6.45, 7) is -0.0525. The minimum Gasteiger partial charge on any atom is -1.00 e. The Morgan fingerprint density at radius 2 is 1.91 bits per heavy atom. The Labute approximate surface area is 208 Å². The molecule has 4 aromatic heterocycles. The number of H-pyrrole nitrogens is 1. The number of hydrogen-bond donors (Lipinski definition) is 2. The molecule has 4 heterocycles. The largest absolute Gasteiger partial charge is 1.00 e. The van der Waals surface area contributed by atoms with Gasteiger partial charge in [-0.15, -0.1) is 0 Å². The van der Waals surface area contributed by atoms with Gasteiger partial charge in [0.2, 0.25) is 12.7 Å². The highest BCUT2D eigenvalue weighted by Gasteiger charge is 2.14. The molecule has 34 heavy (non-hydrogen) atoms. The van der Waals surface area contributed by atoms with Crippen LogP contribution in [0.3, 0.4) is 0 Å². The van der Waals surface area contributed by atoms with Gasteiger partial charge in [-0.05, 0) is 36.4 Å². The molecule has 6 aromatic rings. The Morgan fingerprint density at radius 1 is 1.06 bits per heavy atom. The maximum absolute atomic E-state index is 13.4. The van der Waals surface area contributed by atoms with Crippen molar-refractivity contribution in [2.45, 2.75) is 6.54 Å². The Hall–Kier alpha value is -3.86. The summed E-state index contributed by atoms with van der Waals surface area (Å²) in [5, 5.41) is 5.21. The standard InChI is InChI=1S/C25H16FN5O2.HI/c26-15-4-3-10-30(13-15)14-22(32)27-16-7-8-21-19(12-16)25(33)31-11-9-18-17-5-1-2-6-20(17)28-23(18)24(31)29-21;/h1-13H,14H2,(H-,27,28,29,32,33);1H. The Morgan fingerprint density at radius 3 is 2.76 bits per heavy atom. The van der Waals surface area contributed by atoms with Crippen molar-refractivity contribution >= 4 is 50.0 Å². The number of carbonyl (C=O) groups is 1. The van der Waals surface area contributed by atoms with Gasteiger partial charge in [-0.1, -0.05) is 18.2 Å². The highest BCUT2D eigenvalue weighted by Crippen LogP contribution is 2.27. The van der Waals surface area contributed by atoms with E-state index in [2.05, 4.69) is 10.3 Å². The second-order valence-electron chi connectivity index (χ2n) is 7.86. The lowest BCUT2D eigenvalue weighted by atomic mass is 10.2. The second-order valence-corrected chi connectivity index (χ2v) is 7.86. The van der Waals surface area contributed by atoms with Crippen molar-refractivity contribution in [2.75, 3.05) is 5.32 Å². The zero-order valence-corrected chi connectivity index (χ0v) is 19.8. The Bertz CT molecular complexity index is 1790. The zero-order chi connectivity index (χ0) is 22.5. The van der Waals surface area contributed by atoms with Crippen LogP contribution in [0.15, 0.2) is 84.0 Å². The number of rotatable bonds is 3. The number of carbonyl (C=O) groups excluding carboxylic acids is 1. The average Bonchev–Trinajstić information content (AvgIpc) is 3.19. The first kappa shape index (κ1) is 22.0. The summed E-state index contributed by atoms with van der Waals surface area (Å²) in [7, 11) is 0. The minimum atomic E-state index is -0.425. The van der Waals surface area contributed by atoms with E-state index in [1.165, 1.54) is 27.3 Å². The predicted octanol–water partition coefficient (Wildman–Crippen LogP) is 0.551. The quantitative estimate of drug-likeness (QED) is 0.187. The lowest BCUT2D eigenvalue weighted by molar-refractivity contribution is -0.685. The van der Waals surface area contributed by atoms with Crippen LogP contribution >= 0.6 is 0 Å². The van der Waals surface area contributed by atoms with Crippen LogP contribution in [0.4, 0.5) is 10.1 Å². The van der Waals surface area contributed by atoms with Crippen molar-refractivity contribution in [3.8, 4) is 0 Å². The number of amides is 1. The molecular weight excluding hydrogens is 548 g/mol. The van der Waals surface area contributed by atoms with Gasteiger partial charge >= 0.3 is 0 Å². The van der Waals surface area contributed by atoms with Crippen molar-refractivity contribution in [2.24, 2.45) is 0 Å². The molecule has 0 saturated carbocycles. The highest BCUT2D eigenvalue weighted by molar-refractivity contribution is 6.11. The lowest BCUT2D eigenvalue weighted by Crippen LogP contribution is -3.00. The maximum atomic E-state index is 13.4. The Balaban J connectivity index is 0.00000241. The molecular formula is C25H17FIN5O2. The molecule has 0 saturated heterocycles. The molecule has 0 aliphatic rings. The van der Waals surface area contributed by atoms with Crippen LogP contribution in [-0.4, -0.2) is 20.3 Å². The number of nitrogens with one attached hydrogen (secondary N) is 2. The summed E-state index contributed by atoms with van der Waals surface area (Å²) < 4.78 is 16.3. The van der Waals surface area contributed by atoms with E-state index in [0.717, 1.165) is 21.8 Å². The van der Waals surface area contributed by atoms with Gasteiger partial charge < -0.3 is 34.3 Å². The second kappa shape index (κ2) is 8.49. The number of fused-ring (bicyclic) bond motifs is 6. The van der Waals surface area contributed by atoms with E-state index in [0.29, 0.717) is 22.2 Å². The van der Waals surface area contributed by atoms with Crippen LogP contribution in [0.5, 0.6) is 0 Å². The molecule has 0 fully saturated rings. The van der Waals surface area contributed by atoms with Gasteiger partial charge in [0.05, 0.1) is 16.4 Å². The number of aromatic nitrogens is 4. The molecule has 0 spiro atoms. The van der Waals surface area contributed by atoms with Gasteiger partial charge in [0, 0.05) is 34.2 Å². The number of benzene rings is 2. The van der Waals surface area contributed by atoms with Crippen molar-refractivity contribution in [3.05, 3.63) is 95.4 Å². The molecule has 1 amide bonds. The normalized spacial score (nSPS) is 11.2. The summed E-state index contributed by atoms with van der Waals surface area (Å²) >= 11 is 0. The third-order valence-corrected chi connectivity index (χ3v) is 5.69. The molecule has 0 atom stereocenters. The van der Waals surface area contributed by atoms with E-state index < -0.39 is 5.82 Å². The first-order chi connectivity index (χ1) is 16.1. The summed E-state index contributed by atoms with van der Waals surface area (Å²) in [5.41, 5.74) is 3.08. The van der Waals surface area contributed by atoms with Crippen molar-refractivity contribution < 1.29 is 37.7 Å². The summed E-state index contributed by atoms with van der Waals surface area (Å²) in [6, 6.07) is 17.7. The van der Waals surface area contributed by atoms with Gasteiger partial charge in [0.25, 0.3) is 11.5 Å². The van der Waals surface area contributed by atoms with Crippen LogP contribution in [0.1, 0.15) is 0 Å². The van der Waals surface area contributed by atoms with Gasteiger partial charge in [0.1, 0.15) is 0 Å². The number of halogens is 2. The van der Waals surface area contributed by atoms with Crippen LogP contribution < -0.4 is 39.4 Å². The SMILES string of the molecule is O=C(C[n+]1cccc(F)c1)Nc1ccc2nc3c4[nH]c5ccccc5c4ccn3c(=O)c2c1.[I-]. The van der Waals surface area contributed by atoms with Gasteiger partial charge in [-0.25, -0.2) is 9.37 Å². The molecule has 2 aromatic carbocycles. The van der Waals surface area contributed by atoms with Crippen LogP contribution in [-0.2, 0) is 11.3 Å². The van der Waals surface area contributed by atoms with Crippen molar-refractivity contribution in [1.29, 1.82) is 0 Å². The smallest absolute Gasteiger partial charge is 0.290 e. The van der Waals surface area contributed by atoms with Crippen LogP contribution in [0, 0.1) is 5.82 Å². The number of aromatic amines is 1. The summed E-state index contributed by atoms with van der Waals surface area (Å²) in [5.74, 6) is -0.760. The molecule has 0 radical (unpaired) electrons. The zero-order valence-electron chi connectivity index (χ0n) is 17.6. The predicted molar refractivity (Wildman–Crippen MR) is 124 cm³/mol. The summed E-state index contributed by atoms with van der Waals surface area (Å²) in [4.78, 5) is 33.8. The minimum absolute atomic E-state index is 0. The van der Waals surface area contributed by atoms with E-state index >= 15 is 0 Å². The Kier molecular flexibility index (Phi) is 5.48. The molecule has 0 aliphatic heterocycles. The molecule has 0 unspecified atom stereocenters.